The van der Waals surface area contributed by atoms with Crippen LogP contribution in [0.2, 0.25) is 5.02 Å². The molecule has 2 heterocycles. The number of carbonyl (C=O) groups excluding carboxylic acids is 2. The van der Waals surface area contributed by atoms with Crippen LogP contribution >= 0.6 is 11.6 Å². The van der Waals surface area contributed by atoms with Gasteiger partial charge >= 0.3 is 11.6 Å². The Balaban J connectivity index is 1.52. The molecule has 1 amide bonds. The van der Waals surface area contributed by atoms with Gasteiger partial charge in [-0.25, -0.2) is 9.18 Å². The van der Waals surface area contributed by atoms with Crippen LogP contribution in [0.1, 0.15) is 33.6 Å². The van der Waals surface area contributed by atoms with Gasteiger partial charge in [-0.05, 0) is 63.9 Å². The van der Waals surface area contributed by atoms with Crippen molar-refractivity contribution in [2.45, 2.75) is 45.8 Å². The number of fused-ring (bicyclic) bond motifs is 1. The van der Waals surface area contributed by atoms with E-state index in [2.05, 4.69) is 0 Å². The number of likely N-dealkylation sites (tertiary alicyclic amines) is 1. The third kappa shape index (κ3) is 5.70. The fourth-order valence-electron chi connectivity index (χ4n) is 4.36. The average Bonchev–Trinajstić information content (AvgIpc) is 2.82. The Kier molecular flexibility index (Phi) is 7.64. The summed E-state index contributed by atoms with van der Waals surface area (Å²) in [6, 6.07) is 10.1. The maximum atomic E-state index is 13.5. The summed E-state index contributed by atoms with van der Waals surface area (Å²) in [5, 5.41) is 0.746. The molecule has 0 saturated carbocycles. The second-order valence-corrected chi connectivity index (χ2v) is 9.54. The molecule has 4 rings (SSSR count). The van der Waals surface area contributed by atoms with Crippen LogP contribution < -0.4 is 10.4 Å². The first kappa shape index (κ1) is 25.7. The van der Waals surface area contributed by atoms with Crippen molar-refractivity contribution in [1.82, 2.24) is 4.90 Å². The average molecular weight is 516 g/mol. The minimum Gasteiger partial charge on any atom is -0.481 e. The van der Waals surface area contributed by atoms with Crippen LogP contribution in [0.25, 0.3) is 22.1 Å². The Hall–Kier alpha value is -3.39. The zero-order valence-electron chi connectivity index (χ0n) is 20.3. The standard InChI is InChI=1S/C27H27ClFNO6/c1-15(2)34-27(33)17-5-4-10-30(14-17)26(32)16(3)35-19-7-9-21-22(13-25(31)36-24(21)12-19)20-8-6-18(29)11-23(20)28/h6-9,11-13,15-17H,4-5,10,14H2,1-3H3/t16?,17-/m0/s1. The van der Waals surface area contributed by atoms with Crippen LogP contribution in [-0.4, -0.2) is 42.1 Å². The van der Waals surface area contributed by atoms with E-state index in [0.29, 0.717) is 41.6 Å². The van der Waals surface area contributed by atoms with Gasteiger partial charge in [0.1, 0.15) is 17.1 Å². The summed E-state index contributed by atoms with van der Waals surface area (Å²) in [5.74, 6) is -1.05. The lowest BCUT2D eigenvalue weighted by Gasteiger charge is -2.33. The molecule has 1 saturated heterocycles. The van der Waals surface area contributed by atoms with E-state index in [0.717, 1.165) is 0 Å². The number of rotatable bonds is 6. The molecule has 2 atom stereocenters. The molecule has 2 aromatic carbocycles. The van der Waals surface area contributed by atoms with Gasteiger partial charge in [-0.1, -0.05) is 11.6 Å². The summed E-state index contributed by atoms with van der Waals surface area (Å²) in [5.41, 5.74) is 0.620. The largest absolute Gasteiger partial charge is 0.481 e. The molecule has 36 heavy (non-hydrogen) atoms. The first-order valence-electron chi connectivity index (χ1n) is 11.8. The third-order valence-electron chi connectivity index (χ3n) is 6.02. The summed E-state index contributed by atoms with van der Waals surface area (Å²) >= 11 is 6.21. The lowest BCUT2D eigenvalue weighted by Crippen LogP contribution is -2.47. The van der Waals surface area contributed by atoms with E-state index in [9.17, 15) is 18.8 Å². The number of carbonyl (C=O) groups is 2. The van der Waals surface area contributed by atoms with Crippen LogP contribution in [0.5, 0.6) is 5.75 Å². The number of benzene rings is 2. The van der Waals surface area contributed by atoms with Crippen molar-refractivity contribution in [3.63, 3.8) is 0 Å². The zero-order valence-corrected chi connectivity index (χ0v) is 21.0. The first-order valence-corrected chi connectivity index (χ1v) is 12.2. The number of amides is 1. The molecule has 0 bridgehead atoms. The molecule has 1 aromatic heterocycles. The topological polar surface area (TPSA) is 86.0 Å². The van der Waals surface area contributed by atoms with Gasteiger partial charge in [-0.15, -0.1) is 0 Å². The Morgan fingerprint density at radius 1 is 1.11 bits per heavy atom. The molecule has 0 N–H and O–H groups in total. The molecule has 1 unspecified atom stereocenters. The molecule has 190 valence electrons. The minimum atomic E-state index is -0.830. The van der Waals surface area contributed by atoms with Crippen molar-refractivity contribution < 1.29 is 27.9 Å². The van der Waals surface area contributed by atoms with Crippen molar-refractivity contribution in [1.29, 1.82) is 0 Å². The van der Waals surface area contributed by atoms with Crippen molar-refractivity contribution >= 4 is 34.4 Å². The van der Waals surface area contributed by atoms with Crippen LogP contribution in [0.4, 0.5) is 4.39 Å². The summed E-state index contributed by atoms with van der Waals surface area (Å²) < 4.78 is 30.1. The Morgan fingerprint density at radius 3 is 2.61 bits per heavy atom. The Bertz CT molecular complexity index is 1350. The molecule has 9 heteroatoms. The predicted molar refractivity (Wildman–Crippen MR) is 134 cm³/mol. The van der Waals surface area contributed by atoms with Crippen LogP contribution in [0.15, 0.2) is 51.7 Å². The Labute approximate surface area is 212 Å². The molecular formula is C27H27ClFNO6. The number of halogens is 2. The monoisotopic (exact) mass is 515 g/mol. The molecular weight excluding hydrogens is 489 g/mol. The van der Waals surface area contributed by atoms with Crippen molar-refractivity contribution in [2.75, 3.05) is 13.1 Å². The number of nitrogens with zero attached hydrogens (tertiary/aromatic N) is 1. The molecule has 3 aromatic rings. The molecule has 1 fully saturated rings. The van der Waals surface area contributed by atoms with E-state index in [-0.39, 0.29) is 41.0 Å². The highest BCUT2D eigenvalue weighted by atomic mass is 35.5. The van der Waals surface area contributed by atoms with Gasteiger partial charge in [0, 0.05) is 41.7 Å². The SMILES string of the molecule is CC(C)OC(=O)[C@H]1CCCN(C(=O)C(C)Oc2ccc3c(-c4ccc(F)cc4Cl)cc(=O)oc3c2)C1. The van der Waals surface area contributed by atoms with Crippen LogP contribution in [-0.2, 0) is 14.3 Å². The molecule has 0 aliphatic carbocycles. The number of hydrogen-bond donors (Lipinski definition) is 0. The van der Waals surface area contributed by atoms with Crippen LogP contribution in [0.3, 0.4) is 0 Å². The molecule has 0 radical (unpaired) electrons. The Morgan fingerprint density at radius 2 is 1.89 bits per heavy atom. The van der Waals surface area contributed by atoms with Gasteiger partial charge in [-0.2, -0.15) is 0 Å². The minimum absolute atomic E-state index is 0.165. The number of ether oxygens (including phenoxy) is 2. The number of piperidine rings is 1. The number of hydrogen-bond acceptors (Lipinski definition) is 6. The predicted octanol–water partition coefficient (Wildman–Crippen LogP) is 5.21. The van der Waals surface area contributed by atoms with E-state index in [4.69, 9.17) is 25.5 Å². The van der Waals surface area contributed by atoms with E-state index in [1.54, 1.807) is 37.8 Å². The molecule has 1 aliphatic rings. The van der Waals surface area contributed by atoms with Gasteiger partial charge in [0.05, 0.1) is 17.0 Å². The van der Waals surface area contributed by atoms with E-state index >= 15 is 0 Å². The number of esters is 1. The molecule has 7 nitrogen and oxygen atoms in total. The quantitative estimate of drug-likeness (QED) is 0.331. The van der Waals surface area contributed by atoms with E-state index in [1.165, 1.54) is 30.3 Å². The van der Waals surface area contributed by atoms with E-state index in [1.807, 2.05) is 0 Å². The third-order valence-corrected chi connectivity index (χ3v) is 6.33. The summed E-state index contributed by atoms with van der Waals surface area (Å²) in [4.78, 5) is 39.2. The first-order chi connectivity index (χ1) is 17.1. The maximum absolute atomic E-state index is 13.5. The smallest absolute Gasteiger partial charge is 0.336 e. The van der Waals surface area contributed by atoms with Gasteiger partial charge < -0.3 is 18.8 Å². The lowest BCUT2D eigenvalue weighted by atomic mass is 9.97. The second-order valence-electron chi connectivity index (χ2n) is 9.13. The van der Waals surface area contributed by atoms with Gasteiger partial charge in [0.2, 0.25) is 0 Å². The summed E-state index contributed by atoms with van der Waals surface area (Å²) in [6.45, 7) is 6.04. The maximum Gasteiger partial charge on any atom is 0.336 e. The lowest BCUT2D eigenvalue weighted by molar-refractivity contribution is -0.156. The van der Waals surface area contributed by atoms with E-state index < -0.39 is 17.5 Å². The molecule has 0 spiro atoms. The fourth-order valence-corrected chi connectivity index (χ4v) is 4.63. The molecule has 1 aliphatic heterocycles. The highest BCUT2D eigenvalue weighted by molar-refractivity contribution is 6.33. The van der Waals surface area contributed by atoms with Gasteiger partial charge in [-0.3, -0.25) is 9.59 Å². The fraction of sp³-hybridized carbons (Fsp3) is 0.370. The highest BCUT2D eigenvalue weighted by Crippen LogP contribution is 2.34. The summed E-state index contributed by atoms with van der Waals surface area (Å²) in [6.07, 6.45) is 0.336. The van der Waals surface area contributed by atoms with Crippen molar-refractivity contribution in [2.24, 2.45) is 5.92 Å². The van der Waals surface area contributed by atoms with Gasteiger partial charge in [0.15, 0.2) is 6.10 Å². The van der Waals surface area contributed by atoms with Gasteiger partial charge in [0.25, 0.3) is 5.91 Å². The zero-order chi connectivity index (χ0) is 26.0. The second kappa shape index (κ2) is 10.7. The highest BCUT2D eigenvalue weighted by Gasteiger charge is 2.32. The van der Waals surface area contributed by atoms with Crippen molar-refractivity contribution in [3.8, 4) is 16.9 Å². The van der Waals surface area contributed by atoms with Crippen molar-refractivity contribution in [3.05, 3.63) is 63.7 Å². The normalized spacial score (nSPS) is 16.7. The van der Waals surface area contributed by atoms with Crippen LogP contribution in [0, 0.1) is 11.7 Å². The summed E-state index contributed by atoms with van der Waals surface area (Å²) in [7, 11) is 0.